The van der Waals surface area contributed by atoms with Gasteiger partial charge in [-0.1, -0.05) is 6.07 Å². The average Bonchev–Trinajstić information content (AvgIpc) is 2.91. The van der Waals surface area contributed by atoms with Crippen molar-refractivity contribution in [2.24, 2.45) is 0 Å². The number of benzene rings is 1. The number of aromatic nitrogens is 3. The van der Waals surface area contributed by atoms with Crippen molar-refractivity contribution in [3.8, 4) is 0 Å². The van der Waals surface area contributed by atoms with Crippen LogP contribution in [-0.2, 0) is 0 Å². The molecule has 0 radical (unpaired) electrons. The molecule has 2 N–H and O–H groups in total. The molecular formula is C13H9FN4O. The maximum atomic E-state index is 13.0. The fourth-order valence-corrected chi connectivity index (χ4v) is 1.74. The van der Waals surface area contributed by atoms with Crippen molar-refractivity contribution in [3.05, 3.63) is 54.2 Å². The Labute approximate surface area is 107 Å². The Morgan fingerprint density at radius 2 is 2.16 bits per heavy atom. The van der Waals surface area contributed by atoms with Crippen LogP contribution in [0.4, 0.5) is 10.1 Å². The first-order valence-corrected chi connectivity index (χ1v) is 5.59. The zero-order valence-electron chi connectivity index (χ0n) is 9.72. The fourth-order valence-electron chi connectivity index (χ4n) is 1.74. The average molecular weight is 256 g/mol. The van der Waals surface area contributed by atoms with Gasteiger partial charge in [-0.2, -0.15) is 5.10 Å². The second kappa shape index (κ2) is 4.49. The summed E-state index contributed by atoms with van der Waals surface area (Å²) in [5.41, 5.74) is 1.40. The fraction of sp³-hybridized carbons (Fsp3) is 0. The first-order valence-electron chi connectivity index (χ1n) is 5.59. The summed E-state index contributed by atoms with van der Waals surface area (Å²) in [6.07, 6.45) is 3.06. The van der Waals surface area contributed by atoms with Crippen LogP contribution in [0.3, 0.4) is 0 Å². The van der Waals surface area contributed by atoms with Gasteiger partial charge in [-0.05, 0) is 24.3 Å². The van der Waals surface area contributed by atoms with Gasteiger partial charge in [-0.3, -0.25) is 9.89 Å². The Hall–Kier alpha value is -2.76. The van der Waals surface area contributed by atoms with Crippen molar-refractivity contribution >= 4 is 22.5 Å². The number of nitrogens with one attached hydrogen (secondary N) is 2. The largest absolute Gasteiger partial charge is 0.318 e. The second-order valence-corrected chi connectivity index (χ2v) is 3.97. The van der Waals surface area contributed by atoms with E-state index in [4.69, 9.17) is 0 Å². The molecule has 3 aromatic rings. The Morgan fingerprint density at radius 1 is 1.26 bits per heavy atom. The summed E-state index contributed by atoms with van der Waals surface area (Å²) in [6, 6.07) is 7.44. The Bertz CT molecular complexity index is 739. The maximum absolute atomic E-state index is 13.0. The monoisotopic (exact) mass is 256 g/mol. The highest BCUT2D eigenvalue weighted by Crippen LogP contribution is 2.15. The Kier molecular flexibility index (Phi) is 2.68. The van der Waals surface area contributed by atoms with Crippen LogP contribution in [0.15, 0.2) is 42.7 Å². The normalized spacial score (nSPS) is 10.6. The smallest absolute Gasteiger partial charge is 0.274 e. The van der Waals surface area contributed by atoms with Crippen molar-refractivity contribution in [1.29, 1.82) is 0 Å². The summed E-state index contributed by atoms with van der Waals surface area (Å²) in [5, 5.41) is 9.62. The molecule has 2 heterocycles. The summed E-state index contributed by atoms with van der Waals surface area (Å²) < 4.78 is 13.0. The molecule has 2 aromatic heterocycles. The van der Waals surface area contributed by atoms with E-state index in [0.29, 0.717) is 16.6 Å². The predicted molar refractivity (Wildman–Crippen MR) is 68.2 cm³/mol. The third-order valence-corrected chi connectivity index (χ3v) is 2.64. The van der Waals surface area contributed by atoms with E-state index in [1.54, 1.807) is 24.4 Å². The molecule has 0 aliphatic heterocycles. The number of carbonyl (C=O) groups excluding carboxylic acids is 1. The number of pyridine rings is 1. The number of halogens is 1. The molecule has 0 aliphatic carbocycles. The minimum Gasteiger partial charge on any atom is -0.318 e. The number of carbonyl (C=O) groups is 1. The highest BCUT2D eigenvalue weighted by atomic mass is 19.1. The van der Waals surface area contributed by atoms with Crippen LogP contribution in [0.1, 0.15) is 10.5 Å². The molecule has 0 saturated heterocycles. The zero-order chi connectivity index (χ0) is 13.2. The van der Waals surface area contributed by atoms with Gasteiger partial charge in [-0.25, -0.2) is 9.37 Å². The van der Waals surface area contributed by atoms with E-state index in [1.807, 2.05) is 0 Å². The van der Waals surface area contributed by atoms with Crippen LogP contribution in [0.5, 0.6) is 0 Å². The molecular weight excluding hydrogens is 247 g/mol. The van der Waals surface area contributed by atoms with Gasteiger partial charge in [0.05, 0.1) is 17.4 Å². The van der Waals surface area contributed by atoms with Gasteiger partial charge in [0.25, 0.3) is 5.91 Å². The van der Waals surface area contributed by atoms with Crippen LogP contribution in [0.25, 0.3) is 10.9 Å². The summed E-state index contributed by atoms with van der Waals surface area (Å²) in [5.74, 6) is -0.669. The number of nitrogens with zero attached hydrogens (tertiary/aromatic N) is 2. The molecule has 0 aliphatic rings. The van der Waals surface area contributed by atoms with Crippen LogP contribution in [0, 0.1) is 5.82 Å². The van der Waals surface area contributed by atoms with Crippen molar-refractivity contribution in [1.82, 2.24) is 15.2 Å². The molecule has 19 heavy (non-hydrogen) atoms. The van der Waals surface area contributed by atoms with E-state index in [2.05, 4.69) is 20.5 Å². The molecule has 0 bridgehead atoms. The molecule has 0 saturated carbocycles. The lowest BCUT2D eigenvalue weighted by molar-refractivity contribution is 0.102. The van der Waals surface area contributed by atoms with Gasteiger partial charge in [0.1, 0.15) is 11.5 Å². The number of H-pyrrole nitrogens is 1. The number of amides is 1. The summed E-state index contributed by atoms with van der Waals surface area (Å²) >= 11 is 0. The quantitative estimate of drug-likeness (QED) is 0.739. The SMILES string of the molecule is O=C(Nc1cn[nH]c1)c1ccc2cc(F)ccc2n1. The number of anilines is 1. The third kappa shape index (κ3) is 2.28. The Balaban J connectivity index is 1.92. The van der Waals surface area contributed by atoms with Crippen molar-refractivity contribution in [2.45, 2.75) is 0 Å². The lowest BCUT2D eigenvalue weighted by Crippen LogP contribution is -2.13. The van der Waals surface area contributed by atoms with Crippen molar-refractivity contribution in [2.75, 3.05) is 5.32 Å². The van der Waals surface area contributed by atoms with Crippen LogP contribution < -0.4 is 5.32 Å². The second-order valence-electron chi connectivity index (χ2n) is 3.97. The Morgan fingerprint density at radius 3 is 2.95 bits per heavy atom. The molecule has 1 amide bonds. The molecule has 3 rings (SSSR count). The third-order valence-electron chi connectivity index (χ3n) is 2.64. The number of hydrogen-bond acceptors (Lipinski definition) is 3. The van der Waals surface area contributed by atoms with Crippen LogP contribution in [-0.4, -0.2) is 21.1 Å². The van der Waals surface area contributed by atoms with Crippen molar-refractivity contribution < 1.29 is 9.18 Å². The van der Waals surface area contributed by atoms with Crippen LogP contribution in [0.2, 0.25) is 0 Å². The first-order chi connectivity index (χ1) is 9.22. The topological polar surface area (TPSA) is 70.7 Å². The lowest BCUT2D eigenvalue weighted by Gasteiger charge is -2.03. The highest BCUT2D eigenvalue weighted by molar-refractivity contribution is 6.03. The minimum atomic E-state index is -0.340. The van der Waals surface area contributed by atoms with E-state index in [-0.39, 0.29) is 17.4 Å². The molecule has 1 aromatic carbocycles. The van der Waals surface area contributed by atoms with E-state index < -0.39 is 0 Å². The summed E-state index contributed by atoms with van der Waals surface area (Å²) in [4.78, 5) is 16.1. The number of aromatic amines is 1. The van der Waals surface area contributed by atoms with Crippen molar-refractivity contribution in [3.63, 3.8) is 0 Å². The number of rotatable bonds is 2. The van der Waals surface area contributed by atoms with Gasteiger partial charge in [-0.15, -0.1) is 0 Å². The van der Waals surface area contributed by atoms with E-state index in [0.717, 1.165) is 0 Å². The lowest BCUT2D eigenvalue weighted by atomic mass is 10.2. The molecule has 5 nitrogen and oxygen atoms in total. The molecule has 0 spiro atoms. The van der Waals surface area contributed by atoms with E-state index in [9.17, 15) is 9.18 Å². The van der Waals surface area contributed by atoms with Crippen LogP contribution >= 0.6 is 0 Å². The highest BCUT2D eigenvalue weighted by Gasteiger charge is 2.09. The molecule has 0 fully saturated rings. The predicted octanol–water partition coefficient (Wildman–Crippen LogP) is 2.35. The van der Waals surface area contributed by atoms with Gasteiger partial charge in [0, 0.05) is 11.6 Å². The van der Waals surface area contributed by atoms with Gasteiger partial charge in [0.15, 0.2) is 0 Å². The number of hydrogen-bond donors (Lipinski definition) is 2. The van der Waals surface area contributed by atoms with Gasteiger partial charge < -0.3 is 5.32 Å². The molecule has 0 atom stereocenters. The maximum Gasteiger partial charge on any atom is 0.274 e. The first kappa shape index (κ1) is 11.3. The standard InChI is InChI=1S/C13H9FN4O/c14-9-2-4-11-8(5-9)1-3-12(18-11)13(19)17-10-6-15-16-7-10/h1-7H,(H,15,16)(H,17,19). The molecule has 94 valence electrons. The molecule has 6 heteroatoms. The summed E-state index contributed by atoms with van der Waals surface area (Å²) in [6.45, 7) is 0. The van der Waals surface area contributed by atoms with E-state index >= 15 is 0 Å². The molecule has 0 unspecified atom stereocenters. The summed E-state index contributed by atoms with van der Waals surface area (Å²) in [7, 11) is 0. The van der Waals surface area contributed by atoms with Gasteiger partial charge >= 0.3 is 0 Å². The number of fused-ring (bicyclic) bond motifs is 1. The van der Waals surface area contributed by atoms with E-state index in [1.165, 1.54) is 18.3 Å². The van der Waals surface area contributed by atoms with Gasteiger partial charge in [0.2, 0.25) is 0 Å². The zero-order valence-corrected chi connectivity index (χ0v) is 9.72. The minimum absolute atomic E-state index is 0.264.